The maximum Gasteiger partial charge on any atom is 0.214 e. The van der Waals surface area contributed by atoms with Crippen LogP contribution >= 0.6 is 0 Å². The molecule has 3 rings (SSSR count). The molecule has 146 valence electrons. The molecule has 0 amide bonds. The molecular formula is C21H27NO4S. The molecule has 1 heterocycles. The highest BCUT2D eigenvalue weighted by Gasteiger charge is 2.34. The summed E-state index contributed by atoms with van der Waals surface area (Å²) in [6.45, 7) is 2.65. The molecule has 0 aliphatic carbocycles. The van der Waals surface area contributed by atoms with Crippen LogP contribution in [0.15, 0.2) is 54.6 Å². The van der Waals surface area contributed by atoms with Gasteiger partial charge in [-0.15, -0.1) is 0 Å². The zero-order valence-electron chi connectivity index (χ0n) is 15.9. The maximum atomic E-state index is 12.9. The van der Waals surface area contributed by atoms with Crippen molar-refractivity contribution in [1.29, 1.82) is 0 Å². The molecule has 0 saturated carbocycles. The lowest BCUT2D eigenvalue weighted by Crippen LogP contribution is -2.48. The van der Waals surface area contributed by atoms with Crippen LogP contribution in [0.4, 0.5) is 0 Å². The highest BCUT2D eigenvalue weighted by Crippen LogP contribution is 2.28. The first-order valence-corrected chi connectivity index (χ1v) is 10.9. The van der Waals surface area contributed by atoms with Gasteiger partial charge in [0.15, 0.2) is 0 Å². The second-order valence-corrected chi connectivity index (χ2v) is 8.96. The van der Waals surface area contributed by atoms with Gasteiger partial charge < -0.3 is 9.47 Å². The van der Waals surface area contributed by atoms with Gasteiger partial charge in [-0.2, -0.15) is 4.31 Å². The Bertz CT molecular complexity index is 821. The molecule has 1 saturated heterocycles. The van der Waals surface area contributed by atoms with E-state index in [1.807, 2.05) is 61.5 Å². The van der Waals surface area contributed by atoms with Crippen LogP contribution in [-0.2, 0) is 21.2 Å². The number of morpholine rings is 1. The molecule has 2 unspecified atom stereocenters. The topological polar surface area (TPSA) is 55.8 Å². The van der Waals surface area contributed by atoms with Gasteiger partial charge in [0.05, 0.1) is 25.6 Å². The van der Waals surface area contributed by atoms with Crippen molar-refractivity contribution < 1.29 is 17.9 Å². The summed E-state index contributed by atoms with van der Waals surface area (Å²) in [4.78, 5) is 0. The van der Waals surface area contributed by atoms with E-state index in [1.54, 1.807) is 11.4 Å². The lowest BCUT2D eigenvalue weighted by atomic mass is 10.1. The molecule has 27 heavy (non-hydrogen) atoms. The van der Waals surface area contributed by atoms with Gasteiger partial charge >= 0.3 is 0 Å². The van der Waals surface area contributed by atoms with Crippen LogP contribution in [0.1, 0.15) is 30.6 Å². The van der Waals surface area contributed by atoms with E-state index in [0.717, 1.165) is 17.7 Å². The highest BCUT2D eigenvalue weighted by molar-refractivity contribution is 7.89. The van der Waals surface area contributed by atoms with Crippen molar-refractivity contribution in [2.45, 2.75) is 31.9 Å². The number of aryl methyl sites for hydroxylation is 1. The molecule has 2 aromatic carbocycles. The van der Waals surface area contributed by atoms with Crippen LogP contribution in [0.25, 0.3) is 0 Å². The Morgan fingerprint density at radius 3 is 2.48 bits per heavy atom. The fourth-order valence-corrected chi connectivity index (χ4v) is 5.08. The van der Waals surface area contributed by atoms with Gasteiger partial charge in [-0.1, -0.05) is 42.5 Å². The van der Waals surface area contributed by atoms with E-state index in [2.05, 4.69) is 0 Å². The summed E-state index contributed by atoms with van der Waals surface area (Å²) < 4.78 is 38.5. The molecule has 0 spiro atoms. The number of benzene rings is 2. The van der Waals surface area contributed by atoms with Gasteiger partial charge in [-0.05, 0) is 43.0 Å². The largest absolute Gasteiger partial charge is 0.497 e. The van der Waals surface area contributed by atoms with E-state index < -0.39 is 10.0 Å². The summed E-state index contributed by atoms with van der Waals surface area (Å²) in [7, 11) is -1.71. The Labute approximate surface area is 162 Å². The molecule has 1 aliphatic heterocycles. The first-order chi connectivity index (χ1) is 13.0. The zero-order valence-corrected chi connectivity index (χ0v) is 16.7. The van der Waals surface area contributed by atoms with Crippen molar-refractivity contribution in [2.75, 3.05) is 26.0 Å². The van der Waals surface area contributed by atoms with Crippen molar-refractivity contribution in [1.82, 2.24) is 4.31 Å². The maximum absolute atomic E-state index is 12.9. The third-order valence-corrected chi connectivity index (χ3v) is 6.96. The van der Waals surface area contributed by atoms with Crippen molar-refractivity contribution in [3.05, 3.63) is 65.7 Å². The minimum Gasteiger partial charge on any atom is -0.497 e. The second-order valence-electron chi connectivity index (χ2n) is 6.92. The molecule has 1 aliphatic rings. The van der Waals surface area contributed by atoms with Gasteiger partial charge in [0.25, 0.3) is 0 Å². The van der Waals surface area contributed by atoms with Crippen molar-refractivity contribution >= 4 is 10.0 Å². The van der Waals surface area contributed by atoms with Crippen molar-refractivity contribution in [3.63, 3.8) is 0 Å². The molecule has 0 N–H and O–H groups in total. The Morgan fingerprint density at radius 1 is 1.11 bits per heavy atom. The fourth-order valence-electron chi connectivity index (χ4n) is 3.36. The third-order valence-electron chi connectivity index (χ3n) is 4.93. The summed E-state index contributed by atoms with van der Waals surface area (Å²) in [5, 5.41) is 0. The smallest absolute Gasteiger partial charge is 0.214 e. The average Bonchev–Trinajstić information content (AvgIpc) is 2.69. The van der Waals surface area contributed by atoms with Crippen LogP contribution in [-0.4, -0.2) is 44.8 Å². The predicted molar refractivity (Wildman–Crippen MR) is 106 cm³/mol. The van der Waals surface area contributed by atoms with E-state index in [1.165, 1.54) is 5.56 Å². The van der Waals surface area contributed by atoms with Crippen LogP contribution in [0.5, 0.6) is 5.75 Å². The number of hydrogen-bond acceptors (Lipinski definition) is 4. The van der Waals surface area contributed by atoms with E-state index >= 15 is 0 Å². The lowest BCUT2D eigenvalue weighted by molar-refractivity contribution is -0.0288. The standard InChI is InChI=1S/C21H27NO4S/c1-17-16-26-21(19-10-12-20(25-2)13-11-19)15-22(17)27(23,24)14-6-9-18-7-4-3-5-8-18/h3-5,7-8,10-13,17,21H,6,9,14-16H2,1-2H3. The fraction of sp³-hybridized carbons (Fsp3) is 0.429. The van der Waals surface area contributed by atoms with E-state index in [4.69, 9.17) is 9.47 Å². The Balaban J connectivity index is 1.63. The summed E-state index contributed by atoms with van der Waals surface area (Å²) in [6.07, 6.45) is 1.13. The minimum absolute atomic E-state index is 0.152. The molecule has 6 heteroatoms. The van der Waals surface area contributed by atoms with Crippen LogP contribution in [0.3, 0.4) is 0 Å². The quantitative estimate of drug-likeness (QED) is 0.728. The molecule has 2 aromatic rings. The first-order valence-electron chi connectivity index (χ1n) is 9.28. The number of rotatable bonds is 7. The summed E-state index contributed by atoms with van der Waals surface area (Å²) in [5.74, 6) is 0.926. The molecular weight excluding hydrogens is 362 g/mol. The normalized spacial score (nSPS) is 21.1. The van der Waals surface area contributed by atoms with Crippen LogP contribution in [0.2, 0.25) is 0 Å². The average molecular weight is 390 g/mol. The zero-order chi connectivity index (χ0) is 19.3. The van der Waals surface area contributed by atoms with Crippen molar-refractivity contribution in [2.24, 2.45) is 0 Å². The summed E-state index contributed by atoms with van der Waals surface area (Å²) >= 11 is 0. The Kier molecular flexibility index (Phi) is 6.52. The Hall–Kier alpha value is -1.89. The molecule has 1 fully saturated rings. The monoisotopic (exact) mass is 389 g/mol. The van der Waals surface area contributed by atoms with E-state index in [9.17, 15) is 8.42 Å². The summed E-state index contributed by atoms with van der Waals surface area (Å²) in [5.41, 5.74) is 2.13. The first kappa shape index (κ1) is 19.9. The van der Waals surface area contributed by atoms with Crippen molar-refractivity contribution in [3.8, 4) is 5.75 Å². The van der Waals surface area contributed by atoms with E-state index in [0.29, 0.717) is 19.6 Å². The van der Waals surface area contributed by atoms with Crippen LogP contribution in [0, 0.1) is 0 Å². The van der Waals surface area contributed by atoms with Gasteiger partial charge in [-0.25, -0.2) is 8.42 Å². The molecule has 5 nitrogen and oxygen atoms in total. The van der Waals surface area contributed by atoms with Gasteiger partial charge in [0, 0.05) is 12.6 Å². The predicted octanol–water partition coefficient (Wildman–Crippen LogP) is 3.42. The SMILES string of the molecule is COc1ccc(C2CN(S(=O)(=O)CCCc3ccccc3)C(C)CO2)cc1. The number of sulfonamides is 1. The molecule has 2 atom stereocenters. The van der Waals surface area contributed by atoms with Gasteiger partial charge in [0.1, 0.15) is 5.75 Å². The molecule has 0 radical (unpaired) electrons. The number of nitrogens with zero attached hydrogens (tertiary/aromatic N) is 1. The van der Waals surface area contributed by atoms with E-state index in [-0.39, 0.29) is 17.9 Å². The van der Waals surface area contributed by atoms with Crippen LogP contribution < -0.4 is 4.74 Å². The second kappa shape index (κ2) is 8.87. The Morgan fingerprint density at radius 2 is 1.81 bits per heavy atom. The number of hydrogen-bond donors (Lipinski definition) is 0. The van der Waals surface area contributed by atoms with Gasteiger partial charge in [0.2, 0.25) is 10.0 Å². The van der Waals surface area contributed by atoms with Gasteiger partial charge in [-0.3, -0.25) is 0 Å². The summed E-state index contributed by atoms with van der Waals surface area (Å²) in [6, 6.07) is 17.4. The third kappa shape index (κ3) is 5.09. The minimum atomic E-state index is -3.33. The number of methoxy groups -OCH3 is 1. The molecule has 0 aromatic heterocycles. The molecule has 0 bridgehead atoms. The highest BCUT2D eigenvalue weighted by atomic mass is 32.2. The lowest BCUT2D eigenvalue weighted by Gasteiger charge is -2.37. The number of ether oxygens (including phenoxy) is 2.